The van der Waals surface area contributed by atoms with Crippen LogP contribution in [0.1, 0.15) is 44.5 Å². The molecule has 1 aliphatic rings. The van der Waals surface area contributed by atoms with Gasteiger partial charge in [0, 0.05) is 6.04 Å². The highest BCUT2D eigenvalue weighted by Crippen LogP contribution is 2.30. The second kappa shape index (κ2) is 6.48. The summed E-state index contributed by atoms with van der Waals surface area (Å²) in [6.07, 6.45) is 1.03. The third-order valence-electron chi connectivity index (χ3n) is 4.65. The molecule has 0 aromatic heterocycles. The Hall–Kier alpha value is -1.55. The number of hydrogen-bond acceptors (Lipinski definition) is 3. The predicted molar refractivity (Wildman–Crippen MR) is 84.2 cm³/mol. The molecule has 4 nitrogen and oxygen atoms in total. The molecule has 0 bridgehead atoms. The molecule has 1 aromatic carbocycles. The Morgan fingerprint density at radius 3 is 2.71 bits per heavy atom. The van der Waals surface area contributed by atoms with Crippen LogP contribution in [0.4, 0.5) is 0 Å². The zero-order valence-electron chi connectivity index (χ0n) is 13.6. The average molecular weight is 290 g/mol. The molecule has 2 rings (SSSR count). The number of ether oxygens (including phenoxy) is 1. The Kier molecular flexibility index (Phi) is 4.88. The van der Waals surface area contributed by atoms with Gasteiger partial charge < -0.3 is 9.64 Å². The quantitative estimate of drug-likeness (QED) is 0.906. The molecule has 3 atom stereocenters. The minimum Gasteiger partial charge on any atom is -0.496 e. The number of benzene rings is 1. The van der Waals surface area contributed by atoms with Gasteiger partial charge in [-0.2, -0.15) is 0 Å². The molecule has 1 fully saturated rings. The molecule has 1 N–H and O–H groups in total. The topological polar surface area (TPSA) is 41.6 Å². The molecule has 4 heteroatoms. The number of methoxy groups -OCH3 is 1. The van der Waals surface area contributed by atoms with Crippen molar-refractivity contribution >= 4 is 5.91 Å². The van der Waals surface area contributed by atoms with E-state index in [0.717, 1.165) is 23.3 Å². The number of rotatable bonds is 5. The van der Waals surface area contributed by atoms with Crippen molar-refractivity contribution < 1.29 is 9.53 Å². The van der Waals surface area contributed by atoms with E-state index in [4.69, 9.17) is 4.74 Å². The minimum absolute atomic E-state index is 0.0360. The number of hydrogen-bond donors (Lipinski definition) is 1. The third-order valence-corrected chi connectivity index (χ3v) is 4.65. The van der Waals surface area contributed by atoms with Crippen molar-refractivity contribution in [3.63, 3.8) is 0 Å². The van der Waals surface area contributed by atoms with Gasteiger partial charge in [0.2, 0.25) is 5.91 Å². The Morgan fingerprint density at radius 2 is 2.14 bits per heavy atom. The molecule has 1 heterocycles. The van der Waals surface area contributed by atoms with E-state index in [-0.39, 0.29) is 18.1 Å². The summed E-state index contributed by atoms with van der Waals surface area (Å²) in [6, 6.07) is 6.34. The van der Waals surface area contributed by atoms with Crippen molar-refractivity contribution in [2.24, 2.45) is 5.92 Å². The van der Waals surface area contributed by atoms with Crippen LogP contribution in [0.3, 0.4) is 0 Å². The van der Waals surface area contributed by atoms with Crippen molar-refractivity contribution in [3.8, 4) is 5.75 Å². The molecule has 116 valence electrons. The zero-order chi connectivity index (χ0) is 15.6. The second-order valence-corrected chi connectivity index (χ2v) is 5.94. The lowest BCUT2D eigenvalue weighted by molar-refractivity contribution is -0.131. The number of carbonyl (C=O) groups is 1. The first kappa shape index (κ1) is 15.8. The molecule has 0 radical (unpaired) electrons. The second-order valence-electron chi connectivity index (χ2n) is 5.94. The maximum atomic E-state index is 12.3. The first-order valence-electron chi connectivity index (χ1n) is 7.68. The fourth-order valence-electron chi connectivity index (χ4n) is 2.95. The maximum absolute atomic E-state index is 12.3. The van der Waals surface area contributed by atoms with Crippen LogP contribution in [0.25, 0.3) is 0 Å². The maximum Gasteiger partial charge on any atom is 0.238 e. The SMILES string of the molecule is CCC(C)C(C)N1C(=O)CNC1c1ccc(OC)c(C)c1. The van der Waals surface area contributed by atoms with Gasteiger partial charge >= 0.3 is 0 Å². The summed E-state index contributed by atoms with van der Waals surface area (Å²) in [4.78, 5) is 14.3. The minimum atomic E-state index is -0.0360. The predicted octanol–water partition coefficient (Wildman–Crippen LogP) is 2.87. The van der Waals surface area contributed by atoms with Gasteiger partial charge in [-0.15, -0.1) is 0 Å². The number of aryl methyl sites for hydroxylation is 1. The summed E-state index contributed by atoms with van der Waals surface area (Å²) in [5.74, 6) is 1.54. The van der Waals surface area contributed by atoms with E-state index >= 15 is 0 Å². The van der Waals surface area contributed by atoms with Crippen molar-refractivity contribution in [2.75, 3.05) is 13.7 Å². The van der Waals surface area contributed by atoms with E-state index in [1.807, 2.05) is 24.0 Å². The number of nitrogens with one attached hydrogen (secondary N) is 1. The van der Waals surface area contributed by atoms with Gasteiger partial charge in [-0.05, 0) is 43.0 Å². The summed E-state index contributed by atoms with van der Waals surface area (Å²) < 4.78 is 5.31. The van der Waals surface area contributed by atoms with Crippen LogP contribution >= 0.6 is 0 Å². The zero-order valence-corrected chi connectivity index (χ0v) is 13.6. The van der Waals surface area contributed by atoms with Gasteiger partial charge in [-0.1, -0.05) is 26.3 Å². The van der Waals surface area contributed by atoms with Crippen LogP contribution in [-0.4, -0.2) is 30.5 Å². The summed E-state index contributed by atoms with van der Waals surface area (Å²) in [5, 5.41) is 3.33. The highest BCUT2D eigenvalue weighted by Gasteiger charge is 2.36. The normalized spacial score (nSPS) is 21.5. The standard InChI is InChI=1S/C17H26N2O2/c1-6-11(2)13(4)19-16(20)10-18-17(19)14-7-8-15(21-5)12(3)9-14/h7-9,11,13,17-18H,6,10H2,1-5H3. The summed E-state index contributed by atoms with van der Waals surface area (Å²) in [5.41, 5.74) is 2.21. The number of carbonyl (C=O) groups excluding carboxylic acids is 1. The van der Waals surface area contributed by atoms with Crippen LogP contribution in [0.2, 0.25) is 0 Å². The van der Waals surface area contributed by atoms with Crippen LogP contribution in [0.15, 0.2) is 18.2 Å². The van der Waals surface area contributed by atoms with Crippen LogP contribution in [0, 0.1) is 12.8 Å². The largest absolute Gasteiger partial charge is 0.496 e. The van der Waals surface area contributed by atoms with Gasteiger partial charge in [0.1, 0.15) is 11.9 Å². The molecule has 21 heavy (non-hydrogen) atoms. The smallest absolute Gasteiger partial charge is 0.238 e. The van der Waals surface area contributed by atoms with Gasteiger partial charge in [-0.3, -0.25) is 10.1 Å². The fraction of sp³-hybridized carbons (Fsp3) is 0.588. The lowest BCUT2D eigenvalue weighted by atomic mass is 9.98. The monoisotopic (exact) mass is 290 g/mol. The molecule has 1 aromatic rings. The number of amides is 1. The van der Waals surface area contributed by atoms with Crippen LogP contribution < -0.4 is 10.1 Å². The van der Waals surface area contributed by atoms with Crippen molar-refractivity contribution in [1.29, 1.82) is 0 Å². The molecule has 0 spiro atoms. The molecular weight excluding hydrogens is 264 g/mol. The summed E-state index contributed by atoms with van der Waals surface area (Å²) >= 11 is 0. The van der Waals surface area contributed by atoms with Crippen molar-refractivity contribution in [3.05, 3.63) is 29.3 Å². The van der Waals surface area contributed by atoms with E-state index in [0.29, 0.717) is 12.5 Å². The first-order valence-corrected chi connectivity index (χ1v) is 7.68. The van der Waals surface area contributed by atoms with Crippen molar-refractivity contribution in [2.45, 2.75) is 46.3 Å². The third kappa shape index (κ3) is 3.05. The summed E-state index contributed by atoms with van der Waals surface area (Å²) in [6.45, 7) is 8.95. The van der Waals surface area contributed by atoms with Crippen LogP contribution in [0.5, 0.6) is 5.75 Å². The van der Waals surface area contributed by atoms with Gasteiger partial charge in [0.15, 0.2) is 0 Å². The molecule has 3 unspecified atom stereocenters. The Bertz CT molecular complexity index is 516. The Morgan fingerprint density at radius 1 is 1.43 bits per heavy atom. The first-order chi connectivity index (χ1) is 9.99. The van der Waals surface area contributed by atoms with E-state index in [1.54, 1.807) is 7.11 Å². The molecule has 1 amide bonds. The van der Waals surface area contributed by atoms with Crippen LogP contribution in [-0.2, 0) is 4.79 Å². The Balaban J connectivity index is 2.29. The average Bonchev–Trinajstić information content (AvgIpc) is 2.87. The van der Waals surface area contributed by atoms with Gasteiger partial charge in [0.25, 0.3) is 0 Å². The van der Waals surface area contributed by atoms with E-state index < -0.39 is 0 Å². The molecule has 1 aliphatic heterocycles. The molecule has 1 saturated heterocycles. The van der Waals surface area contributed by atoms with E-state index in [1.165, 1.54) is 0 Å². The highest BCUT2D eigenvalue weighted by atomic mass is 16.5. The lowest BCUT2D eigenvalue weighted by Gasteiger charge is -2.34. The lowest BCUT2D eigenvalue weighted by Crippen LogP contribution is -2.41. The number of nitrogens with zero attached hydrogens (tertiary/aromatic N) is 1. The fourth-order valence-corrected chi connectivity index (χ4v) is 2.95. The Labute approximate surface area is 127 Å². The molecular formula is C17H26N2O2. The van der Waals surface area contributed by atoms with E-state index in [2.05, 4.69) is 32.2 Å². The summed E-state index contributed by atoms with van der Waals surface area (Å²) in [7, 11) is 1.68. The van der Waals surface area contributed by atoms with E-state index in [9.17, 15) is 4.79 Å². The van der Waals surface area contributed by atoms with Gasteiger partial charge in [-0.25, -0.2) is 0 Å². The van der Waals surface area contributed by atoms with Crippen molar-refractivity contribution in [1.82, 2.24) is 10.2 Å². The van der Waals surface area contributed by atoms with Gasteiger partial charge in [0.05, 0.1) is 13.7 Å². The molecule has 0 aliphatic carbocycles. The molecule has 0 saturated carbocycles. The highest BCUT2D eigenvalue weighted by molar-refractivity contribution is 5.81.